The molecule has 0 aromatic heterocycles. The number of nitrogens with one attached hydrogen (secondary N) is 1. The molecule has 4 heteroatoms. The van der Waals surface area contributed by atoms with Gasteiger partial charge >= 0.3 is 0 Å². The van der Waals surface area contributed by atoms with Gasteiger partial charge in [-0.2, -0.15) is 0 Å². The molecular formula is C15H22Cl2N2. The number of hydrogen-bond donors (Lipinski definition) is 1. The minimum absolute atomic E-state index is 0.715. The van der Waals surface area contributed by atoms with Crippen molar-refractivity contribution in [3.63, 3.8) is 0 Å². The Morgan fingerprint density at radius 2 is 1.95 bits per heavy atom. The number of halogens is 2. The Kier molecular flexibility index (Phi) is 5.80. The van der Waals surface area contributed by atoms with Gasteiger partial charge in [-0.05, 0) is 38.1 Å². The highest BCUT2D eigenvalue weighted by atomic mass is 35.5. The molecule has 0 aliphatic heterocycles. The average Bonchev–Trinajstić information content (AvgIpc) is 2.43. The molecule has 1 N–H and O–H groups in total. The fourth-order valence-corrected chi connectivity index (χ4v) is 3.06. The second kappa shape index (κ2) is 7.37. The Hall–Kier alpha value is -0.440. The zero-order chi connectivity index (χ0) is 13.7. The SMILES string of the molecule is CN(CCNc1cc(Cl)ccc1Cl)C1CCCCC1. The molecular weight excluding hydrogens is 279 g/mol. The fraction of sp³-hybridized carbons (Fsp3) is 0.600. The van der Waals surface area contributed by atoms with Gasteiger partial charge in [0.05, 0.1) is 10.7 Å². The number of nitrogens with zero attached hydrogens (tertiary/aromatic N) is 1. The van der Waals surface area contributed by atoms with Crippen molar-refractivity contribution in [1.29, 1.82) is 0 Å². The van der Waals surface area contributed by atoms with Crippen LogP contribution in [0.15, 0.2) is 18.2 Å². The minimum atomic E-state index is 0.715. The van der Waals surface area contributed by atoms with E-state index < -0.39 is 0 Å². The third-order valence-electron chi connectivity index (χ3n) is 3.91. The van der Waals surface area contributed by atoms with Crippen molar-refractivity contribution in [3.05, 3.63) is 28.2 Å². The van der Waals surface area contributed by atoms with Crippen LogP contribution >= 0.6 is 23.2 Å². The average molecular weight is 301 g/mol. The summed E-state index contributed by atoms with van der Waals surface area (Å²) in [6.45, 7) is 1.93. The maximum absolute atomic E-state index is 6.13. The molecule has 0 amide bonds. The highest BCUT2D eigenvalue weighted by Gasteiger charge is 2.17. The summed E-state index contributed by atoms with van der Waals surface area (Å²) in [6.07, 6.45) is 6.84. The number of likely N-dealkylation sites (N-methyl/N-ethyl adjacent to an activating group) is 1. The van der Waals surface area contributed by atoms with Crippen molar-refractivity contribution >= 4 is 28.9 Å². The van der Waals surface area contributed by atoms with E-state index in [0.29, 0.717) is 5.02 Å². The second-order valence-corrected chi connectivity index (χ2v) is 6.17. The molecule has 1 fully saturated rings. The van der Waals surface area contributed by atoms with Gasteiger partial charge in [0, 0.05) is 24.2 Å². The quantitative estimate of drug-likeness (QED) is 0.850. The van der Waals surface area contributed by atoms with Crippen LogP contribution in [0.1, 0.15) is 32.1 Å². The van der Waals surface area contributed by atoms with Crippen LogP contribution in [0, 0.1) is 0 Å². The molecule has 1 saturated carbocycles. The van der Waals surface area contributed by atoms with Gasteiger partial charge < -0.3 is 10.2 Å². The number of anilines is 1. The smallest absolute Gasteiger partial charge is 0.0638 e. The summed E-state index contributed by atoms with van der Waals surface area (Å²) in [5.41, 5.74) is 0.922. The molecule has 1 aliphatic carbocycles. The Labute approximate surface area is 126 Å². The van der Waals surface area contributed by atoms with E-state index in [1.54, 1.807) is 0 Å². The molecule has 2 nitrogen and oxygen atoms in total. The minimum Gasteiger partial charge on any atom is -0.383 e. The zero-order valence-corrected chi connectivity index (χ0v) is 13.0. The van der Waals surface area contributed by atoms with Crippen LogP contribution in [0.3, 0.4) is 0 Å². The molecule has 19 heavy (non-hydrogen) atoms. The highest BCUT2D eigenvalue weighted by Crippen LogP contribution is 2.25. The summed E-state index contributed by atoms with van der Waals surface area (Å²) in [5.74, 6) is 0. The summed E-state index contributed by atoms with van der Waals surface area (Å²) in [4.78, 5) is 2.46. The van der Waals surface area contributed by atoms with Crippen molar-refractivity contribution in [3.8, 4) is 0 Å². The summed E-state index contributed by atoms with van der Waals surface area (Å²) in [7, 11) is 2.22. The monoisotopic (exact) mass is 300 g/mol. The molecule has 0 atom stereocenters. The normalized spacial score (nSPS) is 16.8. The van der Waals surface area contributed by atoms with Gasteiger partial charge in [-0.15, -0.1) is 0 Å². The molecule has 2 rings (SSSR count). The van der Waals surface area contributed by atoms with Crippen LogP contribution < -0.4 is 5.32 Å². The van der Waals surface area contributed by atoms with E-state index in [2.05, 4.69) is 17.3 Å². The highest BCUT2D eigenvalue weighted by molar-refractivity contribution is 6.35. The van der Waals surface area contributed by atoms with Crippen LogP contribution in [0.25, 0.3) is 0 Å². The Bertz CT molecular complexity index is 403. The summed E-state index contributed by atoms with van der Waals surface area (Å²) in [5, 5.41) is 4.81. The molecule has 1 aromatic rings. The van der Waals surface area contributed by atoms with Crippen LogP contribution in [0.2, 0.25) is 10.0 Å². The first-order valence-corrected chi connectivity index (χ1v) is 7.81. The second-order valence-electron chi connectivity index (χ2n) is 5.32. The maximum atomic E-state index is 6.13. The van der Waals surface area contributed by atoms with Crippen molar-refractivity contribution < 1.29 is 0 Å². The van der Waals surface area contributed by atoms with E-state index in [1.807, 2.05) is 18.2 Å². The lowest BCUT2D eigenvalue weighted by molar-refractivity contribution is 0.198. The van der Waals surface area contributed by atoms with Gasteiger partial charge in [-0.3, -0.25) is 0 Å². The lowest BCUT2D eigenvalue weighted by atomic mass is 9.94. The number of hydrogen-bond acceptors (Lipinski definition) is 2. The molecule has 0 heterocycles. The third kappa shape index (κ3) is 4.55. The molecule has 0 unspecified atom stereocenters. The van der Waals surface area contributed by atoms with Gasteiger partial charge in [-0.1, -0.05) is 42.5 Å². The molecule has 0 spiro atoms. The third-order valence-corrected chi connectivity index (χ3v) is 4.47. The first kappa shape index (κ1) is 15.0. The number of benzene rings is 1. The standard InChI is InChI=1S/C15H22Cl2N2/c1-19(13-5-3-2-4-6-13)10-9-18-15-11-12(16)7-8-14(15)17/h7-8,11,13,18H,2-6,9-10H2,1H3. The van der Waals surface area contributed by atoms with Crippen molar-refractivity contribution in [2.75, 3.05) is 25.5 Å². The molecule has 1 aliphatic rings. The van der Waals surface area contributed by atoms with E-state index in [-0.39, 0.29) is 0 Å². The van der Waals surface area contributed by atoms with E-state index in [1.165, 1.54) is 32.1 Å². The largest absolute Gasteiger partial charge is 0.383 e. The van der Waals surface area contributed by atoms with Crippen LogP contribution in [0.4, 0.5) is 5.69 Å². The van der Waals surface area contributed by atoms with Gasteiger partial charge in [-0.25, -0.2) is 0 Å². The molecule has 0 saturated heterocycles. The lowest BCUT2D eigenvalue weighted by Crippen LogP contribution is -2.36. The Morgan fingerprint density at radius 3 is 2.68 bits per heavy atom. The van der Waals surface area contributed by atoms with Gasteiger partial charge in [0.2, 0.25) is 0 Å². The van der Waals surface area contributed by atoms with Crippen molar-refractivity contribution in [2.24, 2.45) is 0 Å². The van der Waals surface area contributed by atoms with E-state index in [0.717, 1.165) is 29.8 Å². The maximum Gasteiger partial charge on any atom is 0.0638 e. The Morgan fingerprint density at radius 1 is 1.21 bits per heavy atom. The zero-order valence-electron chi connectivity index (χ0n) is 11.5. The lowest BCUT2D eigenvalue weighted by Gasteiger charge is -2.31. The fourth-order valence-electron chi connectivity index (χ4n) is 2.70. The van der Waals surface area contributed by atoms with E-state index >= 15 is 0 Å². The first-order chi connectivity index (χ1) is 9.16. The van der Waals surface area contributed by atoms with E-state index in [4.69, 9.17) is 23.2 Å². The Balaban J connectivity index is 1.77. The van der Waals surface area contributed by atoms with Crippen molar-refractivity contribution in [1.82, 2.24) is 4.90 Å². The van der Waals surface area contributed by atoms with Crippen molar-refractivity contribution in [2.45, 2.75) is 38.1 Å². The molecule has 106 valence electrons. The number of rotatable bonds is 5. The van der Waals surface area contributed by atoms with Crippen LogP contribution in [-0.4, -0.2) is 31.1 Å². The topological polar surface area (TPSA) is 15.3 Å². The first-order valence-electron chi connectivity index (χ1n) is 7.06. The summed E-state index contributed by atoms with van der Waals surface area (Å²) in [6, 6.07) is 6.27. The predicted molar refractivity (Wildman–Crippen MR) is 84.5 cm³/mol. The predicted octanol–water partition coefficient (Wildman–Crippen LogP) is 4.67. The molecule has 1 aromatic carbocycles. The molecule has 0 radical (unpaired) electrons. The van der Waals surface area contributed by atoms with Gasteiger partial charge in [0.1, 0.15) is 0 Å². The summed E-state index contributed by atoms with van der Waals surface area (Å²) < 4.78 is 0. The van der Waals surface area contributed by atoms with Gasteiger partial charge in [0.25, 0.3) is 0 Å². The molecule has 0 bridgehead atoms. The van der Waals surface area contributed by atoms with E-state index in [9.17, 15) is 0 Å². The van der Waals surface area contributed by atoms with Crippen LogP contribution in [0.5, 0.6) is 0 Å². The summed E-state index contributed by atoms with van der Waals surface area (Å²) >= 11 is 12.1. The van der Waals surface area contributed by atoms with Crippen LogP contribution in [-0.2, 0) is 0 Å². The van der Waals surface area contributed by atoms with Gasteiger partial charge in [0.15, 0.2) is 0 Å².